The molecule has 0 aliphatic heterocycles. The van der Waals surface area contributed by atoms with E-state index in [0.29, 0.717) is 16.3 Å². The molecule has 110 valence electrons. The smallest absolute Gasteiger partial charge is 0.251 e. The minimum absolute atomic E-state index is 0.243. The molecule has 0 saturated carbocycles. The Kier molecular flexibility index (Phi) is 5.00. The first kappa shape index (κ1) is 16.3. The van der Waals surface area contributed by atoms with Crippen molar-refractivity contribution in [2.45, 2.75) is 39.3 Å². The molecule has 0 fully saturated rings. The molecule has 0 saturated heterocycles. The lowest BCUT2D eigenvalue weighted by molar-refractivity contribution is -0.124. The zero-order valence-electron chi connectivity index (χ0n) is 12.1. The molecule has 20 heavy (non-hydrogen) atoms. The van der Waals surface area contributed by atoms with Crippen LogP contribution in [0.2, 0.25) is 5.02 Å². The lowest BCUT2D eigenvalue weighted by atomic mass is 10.1. The van der Waals surface area contributed by atoms with Gasteiger partial charge in [0.1, 0.15) is 6.04 Å². The summed E-state index contributed by atoms with van der Waals surface area (Å²) < 4.78 is 0. The lowest BCUT2D eigenvalue weighted by Crippen LogP contribution is -2.50. The van der Waals surface area contributed by atoms with Gasteiger partial charge in [0.2, 0.25) is 5.91 Å². The molecule has 4 N–H and O–H groups in total. The van der Waals surface area contributed by atoms with Gasteiger partial charge in [0.15, 0.2) is 0 Å². The number of carbonyl (C=O) groups is 2. The number of carbonyl (C=O) groups excluding carboxylic acids is 2. The summed E-state index contributed by atoms with van der Waals surface area (Å²) >= 11 is 5.79. The Morgan fingerprint density at radius 3 is 2.40 bits per heavy atom. The number of nitrogens with one attached hydrogen (secondary N) is 2. The van der Waals surface area contributed by atoms with Gasteiger partial charge in [-0.15, -0.1) is 0 Å². The lowest BCUT2D eigenvalue weighted by Gasteiger charge is -2.23. The van der Waals surface area contributed by atoms with Crippen LogP contribution in [0.4, 0.5) is 5.69 Å². The van der Waals surface area contributed by atoms with Gasteiger partial charge in [0.25, 0.3) is 5.91 Å². The van der Waals surface area contributed by atoms with Crippen molar-refractivity contribution in [1.82, 2.24) is 10.6 Å². The summed E-state index contributed by atoms with van der Waals surface area (Å²) in [6.07, 6.45) is 0. The maximum Gasteiger partial charge on any atom is 0.251 e. The van der Waals surface area contributed by atoms with E-state index in [-0.39, 0.29) is 17.4 Å². The third-order valence-corrected chi connectivity index (χ3v) is 2.84. The first-order valence-electron chi connectivity index (χ1n) is 6.28. The summed E-state index contributed by atoms with van der Waals surface area (Å²) in [7, 11) is 0. The largest absolute Gasteiger partial charge is 0.398 e. The molecular weight excluding hydrogens is 278 g/mol. The fourth-order valence-corrected chi connectivity index (χ4v) is 1.63. The van der Waals surface area contributed by atoms with Crippen molar-refractivity contribution in [1.29, 1.82) is 0 Å². The predicted octanol–water partition coefficient (Wildman–Crippen LogP) is 1.96. The van der Waals surface area contributed by atoms with Crippen LogP contribution in [0.5, 0.6) is 0 Å². The molecule has 1 atom stereocenters. The third-order valence-electron chi connectivity index (χ3n) is 2.50. The van der Waals surface area contributed by atoms with E-state index < -0.39 is 6.04 Å². The van der Waals surface area contributed by atoms with Crippen LogP contribution in [-0.2, 0) is 4.79 Å². The number of rotatable bonds is 3. The van der Waals surface area contributed by atoms with Crippen molar-refractivity contribution < 1.29 is 9.59 Å². The maximum atomic E-state index is 12.0. The monoisotopic (exact) mass is 297 g/mol. The van der Waals surface area contributed by atoms with Gasteiger partial charge in [0, 0.05) is 11.1 Å². The zero-order valence-corrected chi connectivity index (χ0v) is 12.8. The number of amides is 2. The number of nitrogens with two attached hydrogens (primary N) is 1. The van der Waals surface area contributed by atoms with E-state index >= 15 is 0 Å². The molecule has 0 radical (unpaired) electrons. The number of anilines is 1. The van der Waals surface area contributed by atoms with Gasteiger partial charge in [-0.3, -0.25) is 9.59 Å². The van der Waals surface area contributed by atoms with Gasteiger partial charge >= 0.3 is 0 Å². The molecule has 1 aromatic rings. The average Bonchev–Trinajstić information content (AvgIpc) is 2.30. The van der Waals surface area contributed by atoms with E-state index in [1.54, 1.807) is 19.1 Å². The van der Waals surface area contributed by atoms with Gasteiger partial charge in [-0.2, -0.15) is 0 Å². The Balaban J connectivity index is 2.70. The summed E-state index contributed by atoms with van der Waals surface area (Å²) in [4.78, 5) is 23.9. The fourth-order valence-electron chi connectivity index (χ4n) is 1.51. The summed E-state index contributed by atoms with van der Waals surface area (Å²) in [5.74, 6) is -0.613. The van der Waals surface area contributed by atoms with Crippen LogP contribution >= 0.6 is 11.6 Å². The number of benzene rings is 1. The predicted molar refractivity (Wildman–Crippen MR) is 80.7 cm³/mol. The third kappa shape index (κ3) is 4.74. The average molecular weight is 298 g/mol. The Morgan fingerprint density at radius 2 is 1.90 bits per heavy atom. The molecule has 6 heteroatoms. The van der Waals surface area contributed by atoms with Gasteiger partial charge in [0.05, 0.1) is 10.7 Å². The van der Waals surface area contributed by atoms with Crippen molar-refractivity contribution >= 4 is 29.1 Å². The molecule has 5 nitrogen and oxygen atoms in total. The Morgan fingerprint density at radius 1 is 1.30 bits per heavy atom. The van der Waals surface area contributed by atoms with Crippen LogP contribution in [0, 0.1) is 0 Å². The van der Waals surface area contributed by atoms with Crippen molar-refractivity contribution in [3.8, 4) is 0 Å². The molecule has 1 aromatic carbocycles. The zero-order chi connectivity index (χ0) is 15.5. The number of hydrogen-bond acceptors (Lipinski definition) is 3. The van der Waals surface area contributed by atoms with Gasteiger partial charge < -0.3 is 16.4 Å². The molecule has 1 unspecified atom stereocenters. The highest BCUT2D eigenvalue weighted by atomic mass is 35.5. The molecule has 0 aliphatic carbocycles. The van der Waals surface area contributed by atoms with Gasteiger partial charge in [-0.25, -0.2) is 0 Å². The topological polar surface area (TPSA) is 84.2 Å². The van der Waals surface area contributed by atoms with Gasteiger partial charge in [-0.1, -0.05) is 11.6 Å². The van der Waals surface area contributed by atoms with E-state index in [1.165, 1.54) is 6.07 Å². The van der Waals surface area contributed by atoms with Crippen LogP contribution in [0.3, 0.4) is 0 Å². The number of nitrogen functional groups attached to an aromatic ring is 1. The highest BCUT2D eigenvalue weighted by Crippen LogP contribution is 2.19. The van der Waals surface area contributed by atoms with Crippen LogP contribution in [0.15, 0.2) is 18.2 Å². The molecule has 2 amide bonds. The Labute approximate surface area is 123 Å². The number of hydrogen-bond donors (Lipinski definition) is 3. The minimum Gasteiger partial charge on any atom is -0.398 e. The number of halogens is 1. The highest BCUT2D eigenvalue weighted by Gasteiger charge is 2.21. The summed E-state index contributed by atoms with van der Waals surface area (Å²) in [6.45, 7) is 7.25. The first-order valence-corrected chi connectivity index (χ1v) is 6.66. The maximum absolute atomic E-state index is 12.0. The van der Waals surface area contributed by atoms with Crippen molar-refractivity contribution in [3.05, 3.63) is 28.8 Å². The van der Waals surface area contributed by atoms with Crippen LogP contribution in [0.1, 0.15) is 38.1 Å². The Hall–Kier alpha value is -1.75. The Bertz CT molecular complexity index is 524. The molecular formula is C14H20ClN3O2. The fraction of sp³-hybridized carbons (Fsp3) is 0.429. The molecule has 0 spiro atoms. The highest BCUT2D eigenvalue weighted by molar-refractivity contribution is 6.33. The van der Waals surface area contributed by atoms with E-state index in [4.69, 9.17) is 17.3 Å². The van der Waals surface area contributed by atoms with Crippen molar-refractivity contribution in [2.24, 2.45) is 0 Å². The normalized spacial score (nSPS) is 12.7. The standard InChI is InChI=1S/C14H20ClN3O2/c1-8(12(19)18-14(2,3)4)17-13(20)9-5-6-10(15)11(16)7-9/h5-8H,16H2,1-4H3,(H,17,20)(H,18,19). The first-order chi connectivity index (χ1) is 9.10. The van der Waals surface area contributed by atoms with Gasteiger partial charge in [-0.05, 0) is 45.9 Å². The van der Waals surface area contributed by atoms with E-state index in [2.05, 4.69) is 10.6 Å². The molecule has 0 bridgehead atoms. The second kappa shape index (κ2) is 6.13. The second-order valence-corrected chi connectivity index (χ2v) is 6.08. The molecule has 0 heterocycles. The van der Waals surface area contributed by atoms with Crippen molar-refractivity contribution in [3.63, 3.8) is 0 Å². The summed E-state index contributed by atoms with van der Waals surface area (Å²) in [6, 6.07) is 3.94. The quantitative estimate of drug-likeness (QED) is 0.746. The van der Waals surface area contributed by atoms with Crippen LogP contribution < -0.4 is 16.4 Å². The minimum atomic E-state index is -0.640. The van der Waals surface area contributed by atoms with Crippen LogP contribution in [0.25, 0.3) is 0 Å². The molecule has 0 aromatic heterocycles. The second-order valence-electron chi connectivity index (χ2n) is 5.67. The van der Waals surface area contributed by atoms with Crippen molar-refractivity contribution in [2.75, 3.05) is 5.73 Å². The molecule has 0 aliphatic rings. The summed E-state index contributed by atoms with van der Waals surface area (Å²) in [5, 5.41) is 5.80. The molecule has 1 rings (SSSR count). The van der Waals surface area contributed by atoms with E-state index in [0.717, 1.165) is 0 Å². The summed E-state index contributed by atoms with van der Waals surface area (Å²) in [5.41, 5.74) is 5.98. The van der Waals surface area contributed by atoms with E-state index in [9.17, 15) is 9.59 Å². The van der Waals surface area contributed by atoms with E-state index in [1.807, 2.05) is 20.8 Å². The van der Waals surface area contributed by atoms with Crippen LogP contribution in [-0.4, -0.2) is 23.4 Å². The SMILES string of the molecule is CC(NC(=O)c1ccc(Cl)c(N)c1)C(=O)NC(C)(C)C.